The number of rotatable bonds is 9. The summed E-state index contributed by atoms with van der Waals surface area (Å²) in [7, 11) is 1.55. The second-order valence-electron chi connectivity index (χ2n) is 9.39. The van der Waals surface area contributed by atoms with Gasteiger partial charge in [-0.2, -0.15) is 0 Å². The molecule has 2 amide bonds. The van der Waals surface area contributed by atoms with E-state index in [4.69, 9.17) is 4.74 Å². The highest BCUT2D eigenvalue weighted by molar-refractivity contribution is 8.13. The molecule has 0 saturated carbocycles. The summed E-state index contributed by atoms with van der Waals surface area (Å²) in [6.45, 7) is 7.69. The molecular formula is C24H34N2O6S. The predicted molar refractivity (Wildman–Crippen MR) is 127 cm³/mol. The topological polar surface area (TPSA) is 113 Å². The number of likely N-dealkylation sites (tertiary alicyclic amines) is 1. The van der Waals surface area contributed by atoms with Crippen molar-refractivity contribution in [3.63, 3.8) is 0 Å². The summed E-state index contributed by atoms with van der Waals surface area (Å²) in [5.74, 6) is -1.22. The van der Waals surface area contributed by atoms with E-state index in [0.717, 1.165) is 17.3 Å². The molecule has 1 fully saturated rings. The van der Waals surface area contributed by atoms with E-state index in [1.165, 1.54) is 4.90 Å². The minimum absolute atomic E-state index is 0.0145. The molecule has 9 heteroatoms. The lowest BCUT2D eigenvalue weighted by Crippen LogP contribution is -2.52. The molecule has 1 aliphatic heterocycles. The van der Waals surface area contributed by atoms with Crippen LogP contribution in [0, 0.1) is 11.3 Å². The largest absolute Gasteiger partial charge is 0.497 e. The third-order valence-electron chi connectivity index (χ3n) is 5.55. The molecule has 1 heterocycles. The zero-order chi connectivity index (χ0) is 24.8. The van der Waals surface area contributed by atoms with Gasteiger partial charge in [-0.15, -0.1) is 0 Å². The molecule has 0 aliphatic carbocycles. The van der Waals surface area contributed by atoms with Gasteiger partial charge in [0.25, 0.3) is 0 Å². The van der Waals surface area contributed by atoms with Crippen molar-refractivity contribution < 1.29 is 29.0 Å². The van der Waals surface area contributed by atoms with Crippen LogP contribution in [0.2, 0.25) is 0 Å². The lowest BCUT2D eigenvalue weighted by Gasteiger charge is -2.28. The number of benzene rings is 1. The highest BCUT2D eigenvalue weighted by Crippen LogP contribution is 2.26. The minimum Gasteiger partial charge on any atom is -0.497 e. The number of carboxylic acids is 1. The van der Waals surface area contributed by atoms with Crippen LogP contribution in [-0.4, -0.2) is 64.4 Å². The molecule has 182 valence electrons. The van der Waals surface area contributed by atoms with E-state index >= 15 is 0 Å². The zero-order valence-corrected chi connectivity index (χ0v) is 20.7. The summed E-state index contributed by atoms with van der Waals surface area (Å²) >= 11 is 1.13. The summed E-state index contributed by atoms with van der Waals surface area (Å²) in [6, 6.07) is 5.16. The first-order valence-electron chi connectivity index (χ1n) is 11.1. The molecule has 1 aromatic carbocycles. The molecule has 0 spiro atoms. The van der Waals surface area contributed by atoms with E-state index in [-0.39, 0.29) is 17.4 Å². The standard InChI is InChI=1S/C24H34N2O6S/c1-15(14-33-23(31)24(2,3)4)21(28)26-12-6-7-19(26)20(27)25-18(22(29)30)13-16-8-10-17(32-5)11-9-16/h8-11,15,18-19H,6-7,12-14H2,1-5H3,(H,25,27)(H,29,30)/t15-,18+,19+/m1/s1. The van der Waals surface area contributed by atoms with Gasteiger partial charge in [-0.05, 0) is 30.5 Å². The Bertz CT molecular complexity index is 865. The van der Waals surface area contributed by atoms with Gasteiger partial charge in [-0.1, -0.05) is 51.6 Å². The number of aliphatic carboxylic acids is 1. The summed E-state index contributed by atoms with van der Waals surface area (Å²) in [5, 5.41) is 12.2. The summed E-state index contributed by atoms with van der Waals surface area (Å²) in [6.07, 6.45) is 1.27. The van der Waals surface area contributed by atoms with E-state index in [0.29, 0.717) is 30.9 Å². The van der Waals surface area contributed by atoms with Gasteiger partial charge in [-0.25, -0.2) is 4.79 Å². The van der Waals surface area contributed by atoms with Gasteiger partial charge in [0, 0.05) is 30.1 Å². The molecule has 0 aromatic heterocycles. The maximum absolute atomic E-state index is 13.0. The molecule has 0 radical (unpaired) electrons. The average molecular weight is 479 g/mol. The number of amides is 2. The third kappa shape index (κ3) is 7.48. The van der Waals surface area contributed by atoms with E-state index in [9.17, 15) is 24.3 Å². The van der Waals surface area contributed by atoms with Crippen LogP contribution in [0.3, 0.4) is 0 Å². The number of carbonyl (C=O) groups is 4. The quantitative estimate of drug-likeness (QED) is 0.561. The molecular weight excluding hydrogens is 444 g/mol. The second-order valence-corrected chi connectivity index (χ2v) is 10.4. The fourth-order valence-electron chi connectivity index (χ4n) is 3.54. The Labute approximate surface area is 199 Å². The number of carbonyl (C=O) groups excluding carboxylic acids is 3. The van der Waals surface area contributed by atoms with Crippen molar-refractivity contribution in [2.24, 2.45) is 11.3 Å². The second kappa shape index (κ2) is 11.5. The summed E-state index contributed by atoms with van der Waals surface area (Å²) < 4.78 is 5.11. The molecule has 1 saturated heterocycles. The SMILES string of the molecule is COc1ccc(C[C@H](NC(=O)[C@@H]2CCCN2C(=O)[C@H](C)CSC(=O)C(C)(C)C)C(=O)O)cc1. The minimum atomic E-state index is -1.14. The van der Waals surface area contributed by atoms with Crippen molar-refractivity contribution in [1.82, 2.24) is 10.2 Å². The first kappa shape index (κ1) is 26.7. The molecule has 2 N–H and O–H groups in total. The van der Waals surface area contributed by atoms with Gasteiger partial charge in [-0.3, -0.25) is 14.4 Å². The number of ether oxygens (including phenoxy) is 1. The van der Waals surface area contributed by atoms with Crippen molar-refractivity contribution in [2.75, 3.05) is 19.4 Å². The molecule has 0 unspecified atom stereocenters. The van der Waals surface area contributed by atoms with Crippen LogP contribution in [0.25, 0.3) is 0 Å². The van der Waals surface area contributed by atoms with E-state index < -0.39 is 35.3 Å². The Morgan fingerprint density at radius 2 is 1.85 bits per heavy atom. The van der Waals surface area contributed by atoms with Crippen molar-refractivity contribution in [2.45, 2.75) is 59.0 Å². The average Bonchev–Trinajstić information content (AvgIpc) is 3.25. The zero-order valence-electron chi connectivity index (χ0n) is 19.9. The third-order valence-corrected chi connectivity index (χ3v) is 7.09. The van der Waals surface area contributed by atoms with Crippen molar-refractivity contribution in [3.8, 4) is 5.75 Å². The normalized spacial score (nSPS) is 17.8. The molecule has 8 nitrogen and oxygen atoms in total. The Kier molecular flexibility index (Phi) is 9.34. The van der Waals surface area contributed by atoms with E-state index in [1.807, 2.05) is 20.8 Å². The molecule has 3 atom stereocenters. The van der Waals surface area contributed by atoms with Crippen molar-refractivity contribution >= 4 is 34.7 Å². The molecule has 33 heavy (non-hydrogen) atoms. The van der Waals surface area contributed by atoms with Gasteiger partial charge < -0.3 is 20.1 Å². The summed E-state index contributed by atoms with van der Waals surface area (Å²) in [5.41, 5.74) is 0.260. The van der Waals surface area contributed by atoms with Crippen LogP contribution in [0.1, 0.15) is 46.1 Å². The Balaban J connectivity index is 2.00. The van der Waals surface area contributed by atoms with Gasteiger partial charge >= 0.3 is 5.97 Å². The van der Waals surface area contributed by atoms with Crippen LogP contribution in [0.5, 0.6) is 5.75 Å². The first-order valence-corrected chi connectivity index (χ1v) is 12.1. The predicted octanol–water partition coefficient (Wildman–Crippen LogP) is 2.74. The van der Waals surface area contributed by atoms with Crippen molar-refractivity contribution in [3.05, 3.63) is 29.8 Å². The lowest BCUT2D eigenvalue weighted by molar-refractivity contribution is -0.144. The highest BCUT2D eigenvalue weighted by atomic mass is 32.2. The number of carboxylic acid groups (broad SMARTS) is 1. The lowest BCUT2D eigenvalue weighted by atomic mass is 10.00. The Hall–Kier alpha value is -2.55. The Morgan fingerprint density at radius 3 is 2.39 bits per heavy atom. The molecule has 2 rings (SSSR count). The molecule has 1 aromatic rings. The van der Waals surface area contributed by atoms with Gasteiger partial charge in [0.15, 0.2) is 5.12 Å². The van der Waals surface area contributed by atoms with E-state index in [1.54, 1.807) is 38.3 Å². The van der Waals surface area contributed by atoms with E-state index in [2.05, 4.69) is 5.32 Å². The maximum atomic E-state index is 13.0. The fraction of sp³-hybridized carbons (Fsp3) is 0.583. The number of thioether (sulfide) groups is 1. The number of nitrogens with zero attached hydrogens (tertiary/aromatic N) is 1. The number of nitrogens with one attached hydrogen (secondary N) is 1. The Morgan fingerprint density at radius 1 is 1.21 bits per heavy atom. The van der Waals surface area contributed by atoms with Crippen molar-refractivity contribution in [1.29, 1.82) is 0 Å². The van der Waals surface area contributed by atoms with Crippen LogP contribution in [-0.2, 0) is 25.6 Å². The smallest absolute Gasteiger partial charge is 0.326 e. The number of hydrogen-bond donors (Lipinski definition) is 2. The van der Waals surface area contributed by atoms with Crippen LogP contribution in [0.4, 0.5) is 0 Å². The van der Waals surface area contributed by atoms with Gasteiger partial charge in [0.2, 0.25) is 11.8 Å². The number of methoxy groups -OCH3 is 1. The van der Waals surface area contributed by atoms with Crippen LogP contribution >= 0.6 is 11.8 Å². The van der Waals surface area contributed by atoms with Gasteiger partial charge in [0.1, 0.15) is 17.8 Å². The highest BCUT2D eigenvalue weighted by Gasteiger charge is 2.37. The monoisotopic (exact) mass is 478 g/mol. The van der Waals surface area contributed by atoms with Crippen LogP contribution < -0.4 is 10.1 Å². The van der Waals surface area contributed by atoms with Gasteiger partial charge in [0.05, 0.1) is 7.11 Å². The summed E-state index contributed by atoms with van der Waals surface area (Å²) in [4.78, 5) is 51.4. The van der Waals surface area contributed by atoms with Crippen LogP contribution in [0.15, 0.2) is 24.3 Å². The maximum Gasteiger partial charge on any atom is 0.326 e. The number of hydrogen-bond acceptors (Lipinski definition) is 6. The molecule has 0 bridgehead atoms. The fourth-order valence-corrected chi connectivity index (χ4v) is 4.52. The molecule has 1 aliphatic rings. The first-order chi connectivity index (χ1) is 15.4.